The van der Waals surface area contributed by atoms with Gasteiger partial charge in [0, 0.05) is 21.2 Å². The fourth-order valence-electron chi connectivity index (χ4n) is 2.17. The molecule has 1 heterocycles. The second-order valence-electron chi connectivity index (χ2n) is 5.04. The Balaban J connectivity index is 1.93. The number of benzene rings is 2. The number of hydrogen-bond acceptors (Lipinski definition) is 4. The monoisotopic (exact) mass is 429 g/mol. The number of thioether (sulfide) groups is 1. The predicted octanol–water partition coefficient (Wildman–Crippen LogP) is 5.71. The van der Waals surface area contributed by atoms with Crippen LogP contribution in [-0.4, -0.2) is 10.2 Å². The first-order valence-corrected chi connectivity index (χ1v) is 9.40. The van der Waals surface area contributed by atoms with Gasteiger partial charge in [-0.3, -0.25) is 4.79 Å². The van der Waals surface area contributed by atoms with E-state index in [1.807, 2.05) is 18.2 Å². The van der Waals surface area contributed by atoms with Gasteiger partial charge in [0.15, 0.2) is 0 Å². The average molecular weight is 431 g/mol. The van der Waals surface area contributed by atoms with Crippen molar-refractivity contribution >= 4 is 75.1 Å². The molecule has 0 saturated carbocycles. The van der Waals surface area contributed by atoms with E-state index >= 15 is 0 Å². The molecule has 3 rings (SSSR count). The van der Waals surface area contributed by atoms with E-state index in [9.17, 15) is 4.79 Å². The number of thiocarbonyl (C=S) groups is 1. The Morgan fingerprint density at radius 1 is 1.16 bits per heavy atom. The van der Waals surface area contributed by atoms with Crippen LogP contribution < -0.4 is 10.1 Å². The molecule has 0 radical (unpaired) electrons. The van der Waals surface area contributed by atoms with Gasteiger partial charge in [-0.1, -0.05) is 77.0 Å². The highest BCUT2D eigenvalue weighted by atomic mass is 35.5. The van der Waals surface area contributed by atoms with E-state index < -0.39 is 0 Å². The van der Waals surface area contributed by atoms with Crippen LogP contribution in [0.2, 0.25) is 15.1 Å². The average Bonchev–Trinajstić information content (AvgIpc) is 2.85. The maximum absolute atomic E-state index is 11.9. The molecule has 0 unspecified atom stereocenters. The lowest BCUT2D eigenvalue weighted by molar-refractivity contribution is -0.115. The first kappa shape index (κ1) is 18.5. The Labute approximate surface area is 169 Å². The summed E-state index contributed by atoms with van der Waals surface area (Å²) in [5.74, 6) is 0.160. The topological polar surface area (TPSA) is 38.3 Å². The molecule has 0 bridgehead atoms. The molecule has 0 spiro atoms. The molecule has 1 aliphatic rings. The summed E-state index contributed by atoms with van der Waals surface area (Å²) in [5, 5.41) is 3.95. The fourth-order valence-corrected chi connectivity index (χ4v) is 3.96. The van der Waals surface area contributed by atoms with E-state index in [0.29, 0.717) is 35.6 Å². The van der Waals surface area contributed by atoms with Crippen LogP contribution in [0.15, 0.2) is 41.3 Å². The van der Waals surface area contributed by atoms with Crippen LogP contribution in [0.4, 0.5) is 0 Å². The molecular weight excluding hydrogens is 421 g/mol. The molecule has 0 aromatic heterocycles. The summed E-state index contributed by atoms with van der Waals surface area (Å²) < 4.78 is 6.27. The second kappa shape index (κ2) is 7.98. The smallest absolute Gasteiger partial charge is 0.263 e. The molecular formula is C17H10Cl3NO2S2. The van der Waals surface area contributed by atoms with Gasteiger partial charge in [-0.25, -0.2) is 0 Å². The van der Waals surface area contributed by atoms with Crippen LogP contribution in [0.3, 0.4) is 0 Å². The van der Waals surface area contributed by atoms with Crippen molar-refractivity contribution in [3.05, 3.63) is 67.5 Å². The number of nitrogens with one attached hydrogen (secondary N) is 1. The van der Waals surface area contributed by atoms with Crippen LogP contribution in [0, 0.1) is 0 Å². The highest BCUT2D eigenvalue weighted by Crippen LogP contribution is 2.37. The zero-order chi connectivity index (χ0) is 18.0. The van der Waals surface area contributed by atoms with E-state index in [2.05, 4.69) is 5.32 Å². The minimum absolute atomic E-state index is 0.231. The Kier molecular flexibility index (Phi) is 5.92. The minimum atomic E-state index is -0.261. The van der Waals surface area contributed by atoms with Crippen molar-refractivity contribution in [3.63, 3.8) is 0 Å². The van der Waals surface area contributed by atoms with Crippen molar-refractivity contribution in [1.29, 1.82) is 0 Å². The zero-order valence-corrected chi connectivity index (χ0v) is 16.4. The van der Waals surface area contributed by atoms with Gasteiger partial charge in [0.2, 0.25) is 0 Å². The van der Waals surface area contributed by atoms with Gasteiger partial charge in [-0.05, 0) is 24.3 Å². The predicted molar refractivity (Wildman–Crippen MR) is 109 cm³/mol. The largest absolute Gasteiger partial charge is 0.487 e. The highest BCUT2D eigenvalue weighted by molar-refractivity contribution is 8.26. The molecule has 1 N–H and O–H groups in total. The van der Waals surface area contributed by atoms with E-state index in [1.165, 1.54) is 11.8 Å². The summed E-state index contributed by atoms with van der Waals surface area (Å²) in [4.78, 5) is 12.3. The number of carbonyl (C=O) groups is 1. The molecule has 3 nitrogen and oxygen atoms in total. The van der Waals surface area contributed by atoms with Crippen LogP contribution in [-0.2, 0) is 11.4 Å². The third kappa shape index (κ3) is 4.49. The number of carbonyl (C=O) groups excluding carboxylic acids is 1. The summed E-state index contributed by atoms with van der Waals surface area (Å²) in [6.07, 6.45) is 1.65. The van der Waals surface area contributed by atoms with Gasteiger partial charge in [0.25, 0.3) is 5.91 Å². The molecule has 128 valence electrons. The number of halogens is 3. The zero-order valence-electron chi connectivity index (χ0n) is 12.5. The molecule has 1 fully saturated rings. The number of ether oxygens (including phenoxy) is 1. The summed E-state index contributed by atoms with van der Waals surface area (Å²) in [6.45, 7) is 0.231. The number of amides is 1. The third-order valence-electron chi connectivity index (χ3n) is 3.30. The first-order valence-electron chi connectivity index (χ1n) is 7.04. The van der Waals surface area contributed by atoms with E-state index in [-0.39, 0.29) is 12.5 Å². The van der Waals surface area contributed by atoms with Gasteiger partial charge in [0.1, 0.15) is 16.7 Å². The van der Waals surface area contributed by atoms with Crippen LogP contribution in [0.25, 0.3) is 6.08 Å². The molecule has 2 aromatic carbocycles. The van der Waals surface area contributed by atoms with Crippen molar-refractivity contribution in [2.75, 3.05) is 0 Å². The lowest BCUT2D eigenvalue weighted by Gasteiger charge is -2.13. The standard InChI is InChI=1S/C17H10Cl3NO2S2/c18-11-5-10(6-14-16(22)21-17(24)25-14)15(13(20)7-11)23-8-9-3-1-2-4-12(9)19/h1-7H,8H2,(H,21,22,24)/b14-6+. The molecule has 1 amide bonds. The second-order valence-corrected chi connectivity index (χ2v) is 8.01. The van der Waals surface area contributed by atoms with E-state index in [0.717, 1.165) is 5.56 Å². The fraction of sp³-hybridized carbons (Fsp3) is 0.0588. The highest BCUT2D eigenvalue weighted by Gasteiger charge is 2.23. The quantitative estimate of drug-likeness (QED) is 0.498. The van der Waals surface area contributed by atoms with Crippen molar-refractivity contribution in [2.45, 2.75) is 6.61 Å². The number of rotatable bonds is 4. The molecule has 1 aliphatic heterocycles. The molecule has 25 heavy (non-hydrogen) atoms. The minimum Gasteiger partial charge on any atom is -0.487 e. The van der Waals surface area contributed by atoms with Gasteiger partial charge in [-0.2, -0.15) is 0 Å². The van der Waals surface area contributed by atoms with Crippen LogP contribution in [0.5, 0.6) is 5.75 Å². The normalized spacial score (nSPS) is 15.6. The van der Waals surface area contributed by atoms with Crippen molar-refractivity contribution in [2.24, 2.45) is 0 Å². The number of hydrogen-bond donors (Lipinski definition) is 1. The van der Waals surface area contributed by atoms with E-state index in [1.54, 1.807) is 24.3 Å². The maximum Gasteiger partial charge on any atom is 0.263 e. The van der Waals surface area contributed by atoms with Crippen molar-refractivity contribution in [1.82, 2.24) is 5.32 Å². The van der Waals surface area contributed by atoms with Gasteiger partial charge in [-0.15, -0.1) is 0 Å². The van der Waals surface area contributed by atoms with Crippen molar-refractivity contribution in [3.8, 4) is 5.75 Å². The van der Waals surface area contributed by atoms with Crippen molar-refractivity contribution < 1.29 is 9.53 Å². The SMILES string of the molecule is O=C1NC(=S)S/C1=C/c1cc(Cl)cc(Cl)c1OCc1ccccc1Cl. The summed E-state index contributed by atoms with van der Waals surface area (Å²) in [5.41, 5.74) is 1.41. The van der Waals surface area contributed by atoms with Gasteiger partial charge < -0.3 is 10.1 Å². The Morgan fingerprint density at radius 3 is 2.60 bits per heavy atom. The van der Waals surface area contributed by atoms with Crippen LogP contribution in [0.1, 0.15) is 11.1 Å². The summed E-state index contributed by atoms with van der Waals surface area (Å²) in [7, 11) is 0. The molecule has 1 saturated heterocycles. The maximum atomic E-state index is 11.9. The molecule has 8 heteroatoms. The van der Waals surface area contributed by atoms with Gasteiger partial charge in [0.05, 0.1) is 9.93 Å². The molecule has 0 aliphatic carbocycles. The summed E-state index contributed by atoms with van der Waals surface area (Å²) >= 11 is 24.7. The Bertz CT molecular complexity index is 899. The Morgan fingerprint density at radius 2 is 1.92 bits per heavy atom. The Hall–Kier alpha value is -1.24. The van der Waals surface area contributed by atoms with Gasteiger partial charge >= 0.3 is 0 Å². The summed E-state index contributed by atoms with van der Waals surface area (Å²) in [6, 6.07) is 10.6. The lowest BCUT2D eigenvalue weighted by Crippen LogP contribution is -2.17. The third-order valence-corrected chi connectivity index (χ3v) is 5.33. The first-order chi connectivity index (χ1) is 11.9. The lowest BCUT2D eigenvalue weighted by atomic mass is 10.1. The molecule has 0 atom stereocenters. The van der Waals surface area contributed by atoms with E-state index in [4.69, 9.17) is 51.8 Å². The molecule has 2 aromatic rings. The van der Waals surface area contributed by atoms with Crippen LogP contribution >= 0.6 is 58.8 Å².